The van der Waals surface area contributed by atoms with Gasteiger partial charge in [0.2, 0.25) is 0 Å². The standard InChI is InChI=1S/C15H8N4O9/c20-15-11-3-7(16(21)22)5-13(18(25)26)9(11)1-2-10-12(15)4-8(17(23)24)6-14(10)19(27)28/h3-6H,1-2H2. The number of non-ortho nitro benzene ring substituents is 2. The lowest BCUT2D eigenvalue weighted by Crippen LogP contribution is -2.09. The molecule has 142 valence electrons. The molecular formula is C15H8N4O9. The quantitative estimate of drug-likeness (QED) is 0.559. The number of benzene rings is 2. The monoisotopic (exact) mass is 388 g/mol. The van der Waals surface area contributed by atoms with Crippen LogP contribution < -0.4 is 0 Å². The lowest BCUT2D eigenvalue weighted by molar-refractivity contribution is -0.395. The number of ketones is 1. The predicted molar refractivity (Wildman–Crippen MR) is 90.3 cm³/mol. The molecule has 0 amide bonds. The van der Waals surface area contributed by atoms with Gasteiger partial charge in [0.05, 0.1) is 31.8 Å². The van der Waals surface area contributed by atoms with Crippen molar-refractivity contribution in [3.05, 3.63) is 87.0 Å². The van der Waals surface area contributed by atoms with E-state index in [-0.39, 0.29) is 35.1 Å². The van der Waals surface area contributed by atoms with Crippen LogP contribution in [0.25, 0.3) is 0 Å². The summed E-state index contributed by atoms with van der Waals surface area (Å²) >= 11 is 0. The van der Waals surface area contributed by atoms with E-state index < -0.39 is 48.2 Å². The topological polar surface area (TPSA) is 190 Å². The average molecular weight is 388 g/mol. The minimum absolute atomic E-state index is 0.117. The average Bonchev–Trinajstić information content (AvgIpc) is 2.77. The maximum atomic E-state index is 12.9. The highest BCUT2D eigenvalue weighted by Crippen LogP contribution is 2.38. The summed E-state index contributed by atoms with van der Waals surface area (Å²) in [5, 5.41) is 44.8. The fraction of sp³-hybridized carbons (Fsp3) is 0.133. The van der Waals surface area contributed by atoms with E-state index in [2.05, 4.69) is 0 Å². The fourth-order valence-corrected chi connectivity index (χ4v) is 3.15. The molecule has 0 spiro atoms. The van der Waals surface area contributed by atoms with Gasteiger partial charge in [-0.25, -0.2) is 0 Å². The highest BCUT2D eigenvalue weighted by molar-refractivity contribution is 6.13. The Morgan fingerprint density at radius 3 is 1.25 bits per heavy atom. The van der Waals surface area contributed by atoms with Crippen molar-refractivity contribution >= 4 is 28.5 Å². The van der Waals surface area contributed by atoms with Crippen LogP contribution in [0.5, 0.6) is 0 Å². The summed E-state index contributed by atoms with van der Waals surface area (Å²) in [4.78, 5) is 54.2. The summed E-state index contributed by atoms with van der Waals surface area (Å²) in [7, 11) is 0. The van der Waals surface area contributed by atoms with Crippen molar-refractivity contribution in [2.45, 2.75) is 12.8 Å². The van der Waals surface area contributed by atoms with E-state index >= 15 is 0 Å². The highest BCUT2D eigenvalue weighted by Gasteiger charge is 2.35. The molecular weight excluding hydrogens is 380 g/mol. The zero-order chi connectivity index (χ0) is 20.7. The van der Waals surface area contributed by atoms with Crippen LogP contribution >= 0.6 is 0 Å². The minimum Gasteiger partial charge on any atom is -0.289 e. The molecule has 0 radical (unpaired) electrons. The van der Waals surface area contributed by atoms with Gasteiger partial charge in [-0.2, -0.15) is 0 Å². The Labute approximate surface area is 153 Å². The number of fused-ring (bicyclic) bond motifs is 2. The summed E-state index contributed by atoms with van der Waals surface area (Å²) in [5.74, 6) is -0.985. The van der Waals surface area contributed by atoms with E-state index in [0.29, 0.717) is 12.1 Å². The summed E-state index contributed by atoms with van der Waals surface area (Å²) in [6, 6.07) is 3.09. The largest absolute Gasteiger partial charge is 0.289 e. The van der Waals surface area contributed by atoms with Crippen molar-refractivity contribution in [1.82, 2.24) is 0 Å². The van der Waals surface area contributed by atoms with Crippen LogP contribution in [0.3, 0.4) is 0 Å². The molecule has 0 heterocycles. The number of nitro groups is 4. The van der Waals surface area contributed by atoms with Crippen molar-refractivity contribution in [3.63, 3.8) is 0 Å². The number of carbonyl (C=O) groups is 1. The lowest BCUT2D eigenvalue weighted by Gasteiger charge is -2.06. The second-order valence-corrected chi connectivity index (χ2v) is 5.84. The Hall–Kier alpha value is -4.29. The second kappa shape index (κ2) is 6.46. The summed E-state index contributed by atoms with van der Waals surface area (Å²) < 4.78 is 0. The van der Waals surface area contributed by atoms with Gasteiger partial charge in [-0.3, -0.25) is 45.3 Å². The number of nitro benzene ring substituents is 4. The van der Waals surface area contributed by atoms with Gasteiger partial charge in [-0.05, 0) is 12.8 Å². The van der Waals surface area contributed by atoms with Crippen LogP contribution in [-0.4, -0.2) is 25.5 Å². The summed E-state index contributed by atoms with van der Waals surface area (Å²) in [6.07, 6.45) is -0.359. The molecule has 3 rings (SSSR count). The molecule has 1 aliphatic carbocycles. The third-order valence-corrected chi connectivity index (χ3v) is 4.35. The van der Waals surface area contributed by atoms with E-state index in [4.69, 9.17) is 0 Å². The molecule has 28 heavy (non-hydrogen) atoms. The Balaban J connectivity index is 2.35. The Morgan fingerprint density at radius 1 is 0.607 bits per heavy atom. The van der Waals surface area contributed by atoms with Crippen LogP contribution in [0.4, 0.5) is 22.7 Å². The second-order valence-electron chi connectivity index (χ2n) is 5.84. The van der Waals surface area contributed by atoms with E-state index in [1.165, 1.54) is 0 Å². The SMILES string of the molecule is O=C1c2cc([N+](=O)[O-])cc([N+](=O)[O-])c2CCc2c1cc([N+](=O)[O-])cc2[N+](=O)[O-]. The van der Waals surface area contributed by atoms with Crippen LogP contribution in [0, 0.1) is 40.5 Å². The minimum atomic E-state index is -0.985. The Bertz CT molecular complexity index is 1020. The molecule has 0 unspecified atom stereocenters. The van der Waals surface area contributed by atoms with Crippen LogP contribution in [-0.2, 0) is 12.8 Å². The molecule has 13 nitrogen and oxygen atoms in total. The van der Waals surface area contributed by atoms with Gasteiger partial charge >= 0.3 is 0 Å². The predicted octanol–water partition coefficient (Wildman–Crippen LogP) is 2.65. The number of hydrogen-bond donors (Lipinski definition) is 0. The third-order valence-electron chi connectivity index (χ3n) is 4.35. The number of rotatable bonds is 4. The molecule has 0 aromatic heterocycles. The van der Waals surface area contributed by atoms with E-state index in [0.717, 1.165) is 12.1 Å². The molecule has 0 fully saturated rings. The molecule has 0 aliphatic heterocycles. The molecule has 2 aromatic rings. The van der Waals surface area contributed by atoms with Gasteiger partial charge in [-0.15, -0.1) is 0 Å². The fourth-order valence-electron chi connectivity index (χ4n) is 3.15. The van der Waals surface area contributed by atoms with E-state index in [9.17, 15) is 45.3 Å². The smallest absolute Gasteiger partial charge is 0.280 e. The normalized spacial score (nSPS) is 12.5. The Morgan fingerprint density at radius 2 is 0.964 bits per heavy atom. The van der Waals surface area contributed by atoms with Crippen LogP contribution in [0.2, 0.25) is 0 Å². The first-order chi connectivity index (χ1) is 13.1. The first-order valence-corrected chi connectivity index (χ1v) is 7.58. The Kier molecular flexibility index (Phi) is 4.27. The summed E-state index contributed by atoms with van der Waals surface area (Å²) in [5.41, 5.74) is -3.74. The molecule has 1 aliphatic rings. The lowest BCUT2D eigenvalue weighted by atomic mass is 9.96. The van der Waals surface area contributed by atoms with Crippen LogP contribution in [0.1, 0.15) is 27.0 Å². The maximum Gasteiger partial charge on any atom is 0.280 e. The zero-order valence-corrected chi connectivity index (χ0v) is 13.7. The van der Waals surface area contributed by atoms with Gasteiger partial charge in [-0.1, -0.05) is 0 Å². The van der Waals surface area contributed by atoms with E-state index in [1.807, 2.05) is 0 Å². The van der Waals surface area contributed by atoms with Crippen molar-refractivity contribution in [2.24, 2.45) is 0 Å². The number of nitrogens with zero attached hydrogens (tertiary/aromatic N) is 4. The van der Waals surface area contributed by atoms with Crippen molar-refractivity contribution < 1.29 is 24.5 Å². The van der Waals surface area contributed by atoms with Gasteiger partial charge in [0.15, 0.2) is 5.78 Å². The first-order valence-electron chi connectivity index (χ1n) is 7.58. The van der Waals surface area contributed by atoms with Gasteiger partial charge in [0.25, 0.3) is 22.7 Å². The van der Waals surface area contributed by atoms with Gasteiger partial charge < -0.3 is 0 Å². The van der Waals surface area contributed by atoms with Crippen molar-refractivity contribution in [3.8, 4) is 0 Å². The molecule has 0 saturated carbocycles. The molecule has 0 N–H and O–H groups in total. The molecule has 0 bridgehead atoms. The molecule has 0 saturated heterocycles. The maximum absolute atomic E-state index is 12.9. The van der Waals surface area contributed by atoms with Gasteiger partial charge in [0, 0.05) is 34.4 Å². The summed E-state index contributed by atoms with van der Waals surface area (Å²) in [6.45, 7) is 0. The molecule has 0 atom stereocenters. The molecule has 13 heteroatoms. The number of carbonyl (C=O) groups excluding carboxylic acids is 1. The highest BCUT2D eigenvalue weighted by atomic mass is 16.6. The third kappa shape index (κ3) is 2.90. The zero-order valence-electron chi connectivity index (χ0n) is 13.7. The van der Waals surface area contributed by atoms with Crippen molar-refractivity contribution in [2.75, 3.05) is 0 Å². The van der Waals surface area contributed by atoms with Crippen LogP contribution in [0.15, 0.2) is 24.3 Å². The molecule has 2 aromatic carbocycles. The first kappa shape index (κ1) is 18.5. The van der Waals surface area contributed by atoms with E-state index in [1.54, 1.807) is 0 Å². The van der Waals surface area contributed by atoms with Crippen molar-refractivity contribution in [1.29, 1.82) is 0 Å². The van der Waals surface area contributed by atoms with Gasteiger partial charge in [0.1, 0.15) is 0 Å². The number of hydrogen-bond acceptors (Lipinski definition) is 9.